The summed E-state index contributed by atoms with van der Waals surface area (Å²) in [6.45, 7) is 1.87. The molecule has 16 heavy (non-hydrogen) atoms. The largest absolute Gasteiger partial charge is 0.340 e. The Morgan fingerprint density at radius 1 is 1.19 bits per heavy atom. The monoisotopic (exact) mass is 209 g/mol. The number of benzene rings is 1. The summed E-state index contributed by atoms with van der Waals surface area (Å²) in [5, 5.41) is 12.0. The number of aryl methyl sites for hydroxylation is 1. The lowest BCUT2D eigenvalue weighted by atomic mass is 10.2. The highest BCUT2D eigenvalue weighted by atomic mass is 15.0. The summed E-state index contributed by atoms with van der Waals surface area (Å²) in [6, 6.07) is 15.4. The smallest absolute Gasteiger partial charge is 0.131 e. The van der Waals surface area contributed by atoms with Crippen LogP contribution >= 0.6 is 0 Å². The third kappa shape index (κ3) is 2.37. The normalized spacial score (nSPS) is 9.50. The van der Waals surface area contributed by atoms with Gasteiger partial charge < -0.3 is 5.32 Å². The van der Waals surface area contributed by atoms with E-state index in [4.69, 9.17) is 5.26 Å². The SMILES string of the molecule is Cc1cc(C#N)cc(Nc2ccccc2)n1. The molecule has 2 rings (SSSR count). The van der Waals surface area contributed by atoms with Crippen LogP contribution in [0.4, 0.5) is 11.5 Å². The molecule has 1 aromatic carbocycles. The lowest BCUT2D eigenvalue weighted by Crippen LogP contribution is -1.95. The van der Waals surface area contributed by atoms with E-state index < -0.39 is 0 Å². The second-order valence-corrected chi connectivity index (χ2v) is 3.49. The second kappa shape index (κ2) is 4.45. The second-order valence-electron chi connectivity index (χ2n) is 3.49. The molecule has 0 saturated heterocycles. The molecule has 0 spiro atoms. The molecule has 0 unspecified atom stereocenters. The van der Waals surface area contributed by atoms with Crippen molar-refractivity contribution in [1.29, 1.82) is 5.26 Å². The first kappa shape index (κ1) is 10.2. The molecule has 1 aromatic heterocycles. The molecule has 0 aliphatic rings. The van der Waals surface area contributed by atoms with Crippen LogP contribution in [-0.4, -0.2) is 4.98 Å². The number of anilines is 2. The Hall–Kier alpha value is -2.34. The Labute approximate surface area is 94.4 Å². The predicted molar refractivity (Wildman–Crippen MR) is 63.4 cm³/mol. The van der Waals surface area contributed by atoms with E-state index in [9.17, 15) is 0 Å². The van der Waals surface area contributed by atoms with Gasteiger partial charge in [-0.05, 0) is 31.2 Å². The van der Waals surface area contributed by atoms with Gasteiger partial charge in [-0.15, -0.1) is 0 Å². The van der Waals surface area contributed by atoms with Crippen molar-refractivity contribution in [2.24, 2.45) is 0 Å². The third-order valence-electron chi connectivity index (χ3n) is 2.13. The molecule has 0 saturated carbocycles. The van der Waals surface area contributed by atoms with Gasteiger partial charge >= 0.3 is 0 Å². The Morgan fingerprint density at radius 3 is 2.62 bits per heavy atom. The van der Waals surface area contributed by atoms with Gasteiger partial charge in [0, 0.05) is 11.4 Å². The first-order chi connectivity index (χ1) is 7.78. The van der Waals surface area contributed by atoms with Gasteiger partial charge in [-0.25, -0.2) is 4.98 Å². The summed E-state index contributed by atoms with van der Waals surface area (Å²) < 4.78 is 0. The van der Waals surface area contributed by atoms with E-state index in [1.54, 1.807) is 12.1 Å². The van der Waals surface area contributed by atoms with Crippen molar-refractivity contribution in [3.8, 4) is 6.07 Å². The zero-order valence-electron chi connectivity index (χ0n) is 8.94. The maximum atomic E-state index is 8.85. The van der Waals surface area contributed by atoms with E-state index in [1.165, 1.54) is 0 Å². The van der Waals surface area contributed by atoms with Crippen LogP contribution in [0.3, 0.4) is 0 Å². The van der Waals surface area contributed by atoms with Crippen molar-refractivity contribution in [2.45, 2.75) is 6.92 Å². The van der Waals surface area contributed by atoms with Gasteiger partial charge in [0.05, 0.1) is 11.6 Å². The first-order valence-corrected chi connectivity index (χ1v) is 4.99. The summed E-state index contributed by atoms with van der Waals surface area (Å²) in [6.07, 6.45) is 0. The molecule has 1 heterocycles. The van der Waals surface area contributed by atoms with Gasteiger partial charge in [0.25, 0.3) is 0 Å². The quantitative estimate of drug-likeness (QED) is 0.827. The minimum absolute atomic E-state index is 0.617. The highest BCUT2D eigenvalue weighted by Gasteiger charge is 1.99. The number of hydrogen-bond donors (Lipinski definition) is 1. The summed E-state index contributed by atoms with van der Waals surface area (Å²) >= 11 is 0. The minimum Gasteiger partial charge on any atom is -0.340 e. The average Bonchev–Trinajstić information content (AvgIpc) is 2.29. The van der Waals surface area contributed by atoms with E-state index in [0.29, 0.717) is 11.4 Å². The van der Waals surface area contributed by atoms with Crippen molar-refractivity contribution in [3.05, 3.63) is 53.7 Å². The van der Waals surface area contributed by atoms with E-state index in [-0.39, 0.29) is 0 Å². The molecule has 0 atom stereocenters. The fourth-order valence-electron chi connectivity index (χ4n) is 1.47. The van der Waals surface area contributed by atoms with Crippen LogP contribution in [0.15, 0.2) is 42.5 Å². The summed E-state index contributed by atoms with van der Waals surface area (Å²) in [4.78, 5) is 4.31. The highest BCUT2D eigenvalue weighted by molar-refractivity contribution is 5.57. The van der Waals surface area contributed by atoms with Gasteiger partial charge in [-0.3, -0.25) is 0 Å². The molecule has 3 nitrogen and oxygen atoms in total. The summed E-state index contributed by atoms with van der Waals surface area (Å²) in [7, 11) is 0. The van der Waals surface area contributed by atoms with Crippen molar-refractivity contribution in [1.82, 2.24) is 4.98 Å². The number of rotatable bonds is 2. The molecule has 2 aromatic rings. The van der Waals surface area contributed by atoms with Crippen LogP contribution in [0.1, 0.15) is 11.3 Å². The minimum atomic E-state index is 0.617. The Bertz CT molecular complexity index is 527. The standard InChI is InChI=1S/C13H11N3/c1-10-7-11(9-14)8-13(15-10)16-12-5-3-2-4-6-12/h2-8H,1H3,(H,15,16). The van der Waals surface area contributed by atoms with Crippen LogP contribution in [-0.2, 0) is 0 Å². The van der Waals surface area contributed by atoms with Gasteiger partial charge in [-0.2, -0.15) is 5.26 Å². The lowest BCUT2D eigenvalue weighted by molar-refractivity contribution is 1.19. The van der Waals surface area contributed by atoms with E-state index >= 15 is 0 Å². The molecule has 1 N–H and O–H groups in total. The number of hydrogen-bond acceptors (Lipinski definition) is 3. The average molecular weight is 209 g/mol. The maximum Gasteiger partial charge on any atom is 0.131 e. The van der Waals surface area contributed by atoms with Crippen molar-refractivity contribution in [3.63, 3.8) is 0 Å². The van der Waals surface area contributed by atoms with Gasteiger partial charge in [0.1, 0.15) is 5.82 Å². The number of nitrogens with one attached hydrogen (secondary N) is 1. The van der Waals surface area contributed by atoms with Gasteiger partial charge in [0.15, 0.2) is 0 Å². The molecular formula is C13H11N3. The number of para-hydroxylation sites is 1. The van der Waals surface area contributed by atoms with Gasteiger partial charge in [0.2, 0.25) is 0 Å². The zero-order chi connectivity index (χ0) is 11.4. The molecule has 0 aliphatic carbocycles. The number of aromatic nitrogens is 1. The molecule has 3 heteroatoms. The number of pyridine rings is 1. The molecule has 0 bridgehead atoms. The van der Waals surface area contributed by atoms with Gasteiger partial charge in [-0.1, -0.05) is 18.2 Å². The van der Waals surface area contributed by atoms with Crippen LogP contribution < -0.4 is 5.32 Å². The number of nitrogens with zero attached hydrogens (tertiary/aromatic N) is 2. The Kier molecular flexibility index (Phi) is 2.84. The highest BCUT2D eigenvalue weighted by Crippen LogP contribution is 2.15. The van der Waals surface area contributed by atoms with Crippen molar-refractivity contribution in [2.75, 3.05) is 5.32 Å². The fraction of sp³-hybridized carbons (Fsp3) is 0.0769. The topological polar surface area (TPSA) is 48.7 Å². The fourth-order valence-corrected chi connectivity index (χ4v) is 1.47. The van der Waals surface area contributed by atoms with E-state index in [2.05, 4.69) is 16.4 Å². The van der Waals surface area contributed by atoms with Crippen LogP contribution in [0.2, 0.25) is 0 Å². The van der Waals surface area contributed by atoms with E-state index in [1.807, 2.05) is 37.3 Å². The lowest BCUT2D eigenvalue weighted by Gasteiger charge is -2.06. The molecular weight excluding hydrogens is 198 g/mol. The molecule has 78 valence electrons. The van der Waals surface area contributed by atoms with Crippen molar-refractivity contribution < 1.29 is 0 Å². The summed E-state index contributed by atoms with van der Waals surface area (Å²) in [5.41, 5.74) is 2.41. The van der Waals surface area contributed by atoms with Crippen LogP contribution in [0.5, 0.6) is 0 Å². The predicted octanol–water partition coefficient (Wildman–Crippen LogP) is 3.01. The Morgan fingerprint density at radius 2 is 1.94 bits per heavy atom. The van der Waals surface area contributed by atoms with Crippen LogP contribution in [0.25, 0.3) is 0 Å². The van der Waals surface area contributed by atoms with E-state index in [0.717, 1.165) is 11.4 Å². The molecule has 0 amide bonds. The summed E-state index contributed by atoms with van der Waals surface area (Å²) in [5.74, 6) is 0.697. The number of nitriles is 1. The van der Waals surface area contributed by atoms with Crippen molar-refractivity contribution >= 4 is 11.5 Å². The zero-order valence-corrected chi connectivity index (χ0v) is 8.94. The molecule has 0 aliphatic heterocycles. The van der Waals surface area contributed by atoms with Crippen LogP contribution in [0, 0.1) is 18.3 Å². The molecule has 0 fully saturated rings. The maximum absolute atomic E-state index is 8.85. The third-order valence-corrected chi connectivity index (χ3v) is 2.13. The Balaban J connectivity index is 2.29. The molecule has 0 radical (unpaired) electrons. The first-order valence-electron chi connectivity index (χ1n) is 4.99.